The van der Waals surface area contributed by atoms with Crippen molar-refractivity contribution in [1.82, 2.24) is 9.88 Å². The molecule has 1 N–H and O–H groups in total. The quantitative estimate of drug-likeness (QED) is 0.842. The highest BCUT2D eigenvalue weighted by molar-refractivity contribution is 6.29. The van der Waals surface area contributed by atoms with Gasteiger partial charge in [0.1, 0.15) is 11.0 Å². The van der Waals surface area contributed by atoms with Crippen LogP contribution in [-0.4, -0.2) is 36.1 Å². The zero-order valence-electron chi connectivity index (χ0n) is 11.2. The summed E-state index contributed by atoms with van der Waals surface area (Å²) >= 11 is 5.87. The molecule has 0 radical (unpaired) electrons. The van der Waals surface area contributed by atoms with E-state index >= 15 is 0 Å². The molecule has 102 valence electrons. The van der Waals surface area contributed by atoms with E-state index in [1.54, 1.807) is 12.1 Å². The Kier molecular flexibility index (Phi) is 5.00. The largest absolute Gasteiger partial charge is 0.370 e. The van der Waals surface area contributed by atoms with Gasteiger partial charge in [0.05, 0.1) is 11.6 Å². The second-order valence-corrected chi connectivity index (χ2v) is 5.56. The molecule has 5 heteroatoms. The number of aromatic nitrogens is 1. The molecule has 0 amide bonds. The smallest absolute Gasteiger partial charge is 0.132 e. The van der Waals surface area contributed by atoms with Crippen LogP contribution in [0.2, 0.25) is 5.15 Å². The van der Waals surface area contributed by atoms with E-state index in [2.05, 4.69) is 28.2 Å². The van der Waals surface area contributed by atoms with E-state index in [4.69, 9.17) is 16.9 Å². The van der Waals surface area contributed by atoms with Crippen LogP contribution in [0.3, 0.4) is 0 Å². The summed E-state index contributed by atoms with van der Waals surface area (Å²) in [5.74, 6) is 1.22. The number of rotatable bonds is 5. The first-order valence-corrected chi connectivity index (χ1v) is 7.09. The van der Waals surface area contributed by atoms with Crippen molar-refractivity contribution in [2.75, 3.05) is 31.5 Å². The molecule has 1 aromatic rings. The van der Waals surface area contributed by atoms with Crippen molar-refractivity contribution in [2.24, 2.45) is 5.92 Å². The van der Waals surface area contributed by atoms with Gasteiger partial charge in [-0.25, -0.2) is 4.98 Å². The van der Waals surface area contributed by atoms with Crippen LogP contribution in [0.15, 0.2) is 12.1 Å². The summed E-state index contributed by atoms with van der Waals surface area (Å²) in [6.45, 7) is 6.62. The van der Waals surface area contributed by atoms with Crippen molar-refractivity contribution < 1.29 is 0 Å². The summed E-state index contributed by atoms with van der Waals surface area (Å²) in [4.78, 5) is 6.67. The summed E-state index contributed by atoms with van der Waals surface area (Å²) in [6, 6.07) is 5.38. The lowest BCUT2D eigenvalue weighted by Crippen LogP contribution is -2.29. The van der Waals surface area contributed by atoms with Gasteiger partial charge in [-0.2, -0.15) is 5.26 Å². The Balaban J connectivity index is 1.84. The van der Waals surface area contributed by atoms with Crippen molar-refractivity contribution >= 4 is 17.4 Å². The van der Waals surface area contributed by atoms with E-state index in [1.165, 1.54) is 25.9 Å². The van der Waals surface area contributed by atoms with Gasteiger partial charge in [0, 0.05) is 13.1 Å². The van der Waals surface area contributed by atoms with Crippen LogP contribution >= 0.6 is 11.6 Å². The number of nitriles is 1. The summed E-state index contributed by atoms with van der Waals surface area (Å²) < 4.78 is 0. The van der Waals surface area contributed by atoms with Crippen LogP contribution < -0.4 is 5.32 Å². The Bertz CT molecular complexity index is 463. The first kappa shape index (κ1) is 14.1. The SMILES string of the molecule is CC(CNc1cc(C#N)cc(Cl)n1)CN1CCCC1. The molecule has 4 nitrogen and oxygen atoms in total. The molecule has 1 aliphatic rings. The molecule has 1 aliphatic heterocycles. The first-order chi connectivity index (χ1) is 9.17. The van der Waals surface area contributed by atoms with E-state index in [-0.39, 0.29) is 0 Å². The molecule has 0 aromatic carbocycles. The van der Waals surface area contributed by atoms with Gasteiger partial charge in [0.15, 0.2) is 0 Å². The third kappa shape index (κ3) is 4.38. The fraction of sp³-hybridized carbons (Fsp3) is 0.571. The second kappa shape index (κ2) is 6.74. The normalized spacial score (nSPS) is 17.1. The molecule has 19 heavy (non-hydrogen) atoms. The first-order valence-electron chi connectivity index (χ1n) is 6.71. The number of likely N-dealkylation sites (tertiary alicyclic amines) is 1. The molecule has 1 unspecified atom stereocenters. The molecule has 1 fully saturated rings. The third-order valence-electron chi connectivity index (χ3n) is 3.32. The lowest BCUT2D eigenvalue weighted by atomic mass is 10.1. The molecule has 1 saturated heterocycles. The number of nitrogens with one attached hydrogen (secondary N) is 1. The molecule has 0 aliphatic carbocycles. The minimum atomic E-state index is 0.355. The Hall–Kier alpha value is -1.31. The molecule has 2 heterocycles. The van der Waals surface area contributed by atoms with Gasteiger partial charge in [-0.3, -0.25) is 0 Å². The number of pyridine rings is 1. The summed E-state index contributed by atoms with van der Waals surface area (Å²) in [7, 11) is 0. The maximum atomic E-state index is 8.88. The van der Waals surface area contributed by atoms with E-state index in [0.29, 0.717) is 22.5 Å². The maximum absolute atomic E-state index is 8.88. The zero-order valence-corrected chi connectivity index (χ0v) is 12.0. The minimum Gasteiger partial charge on any atom is -0.370 e. The molecular formula is C14H19ClN4. The molecular weight excluding hydrogens is 260 g/mol. The van der Waals surface area contributed by atoms with Crippen LogP contribution in [-0.2, 0) is 0 Å². The average molecular weight is 279 g/mol. The average Bonchev–Trinajstić information content (AvgIpc) is 2.88. The van der Waals surface area contributed by atoms with E-state index in [1.807, 2.05) is 0 Å². The van der Waals surface area contributed by atoms with Crippen molar-refractivity contribution in [3.63, 3.8) is 0 Å². The van der Waals surface area contributed by atoms with E-state index in [0.717, 1.165) is 13.1 Å². The van der Waals surface area contributed by atoms with E-state index < -0.39 is 0 Å². The highest BCUT2D eigenvalue weighted by Gasteiger charge is 2.14. The highest BCUT2D eigenvalue weighted by Crippen LogP contribution is 2.15. The monoisotopic (exact) mass is 278 g/mol. The fourth-order valence-electron chi connectivity index (χ4n) is 2.40. The zero-order chi connectivity index (χ0) is 13.7. The predicted molar refractivity (Wildman–Crippen MR) is 77.3 cm³/mol. The molecule has 1 atom stereocenters. The summed E-state index contributed by atoms with van der Waals surface area (Å²) in [5, 5.41) is 12.5. The third-order valence-corrected chi connectivity index (χ3v) is 3.52. The molecule has 0 bridgehead atoms. The van der Waals surface area contributed by atoms with Gasteiger partial charge < -0.3 is 10.2 Å². The topological polar surface area (TPSA) is 52.0 Å². The van der Waals surface area contributed by atoms with E-state index in [9.17, 15) is 0 Å². The fourth-order valence-corrected chi connectivity index (χ4v) is 2.61. The lowest BCUT2D eigenvalue weighted by Gasteiger charge is -2.20. The number of hydrogen-bond acceptors (Lipinski definition) is 4. The van der Waals surface area contributed by atoms with Crippen molar-refractivity contribution in [3.05, 3.63) is 22.8 Å². The summed E-state index contributed by atoms with van der Waals surface area (Å²) in [5.41, 5.74) is 0.537. The van der Waals surface area contributed by atoms with Crippen molar-refractivity contribution in [1.29, 1.82) is 5.26 Å². The Morgan fingerprint density at radius 3 is 2.89 bits per heavy atom. The number of halogens is 1. The van der Waals surface area contributed by atoms with Gasteiger partial charge >= 0.3 is 0 Å². The van der Waals surface area contributed by atoms with Gasteiger partial charge in [-0.05, 0) is 44.0 Å². The van der Waals surface area contributed by atoms with Crippen LogP contribution in [0.1, 0.15) is 25.3 Å². The van der Waals surface area contributed by atoms with Crippen LogP contribution in [0, 0.1) is 17.2 Å². The van der Waals surface area contributed by atoms with Gasteiger partial charge in [-0.1, -0.05) is 18.5 Å². The van der Waals surface area contributed by atoms with Gasteiger partial charge in [0.2, 0.25) is 0 Å². The van der Waals surface area contributed by atoms with Gasteiger partial charge in [-0.15, -0.1) is 0 Å². The van der Waals surface area contributed by atoms with Crippen LogP contribution in [0.5, 0.6) is 0 Å². The van der Waals surface area contributed by atoms with Crippen molar-refractivity contribution in [2.45, 2.75) is 19.8 Å². The van der Waals surface area contributed by atoms with Crippen LogP contribution in [0.4, 0.5) is 5.82 Å². The Labute approximate surface area is 119 Å². The predicted octanol–water partition coefficient (Wildman–Crippen LogP) is 2.75. The molecule has 0 spiro atoms. The maximum Gasteiger partial charge on any atom is 0.132 e. The molecule has 2 rings (SSSR count). The van der Waals surface area contributed by atoms with Crippen LogP contribution in [0.25, 0.3) is 0 Å². The lowest BCUT2D eigenvalue weighted by molar-refractivity contribution is 0.294. The second-order valence-electron chi connectivity index (χ2n) is 5.17. The Morgan fingerprint density at radius 2 is 2.21 bits per heavy atom. The number of anilines is 1. The summed E-state index contributed by atoms with van der Waals surface area (Å²) in [6.07, 6.45) is 2.64. The Morgan fingerprint density at radius 1 is 1.47 bits per heavy atom. The highest BCUT2D eigenvalue weighted by atomic mass is 35.5. The standard InChI is InChI=1S/C14H19ClN4/c1-11(10-19-4-2-3-5-19)9-17-14-7-12(8-16)6-13(15)18-14/h6-7,11H,2-5,9-10H2,1H3,(H,17,18). The molecule has 0 saturated carbocycles. The number of hydrogen-bond donors (Lipinski definition) is 1. The van der Waals surface area contributed by atoms with Gasteiger partial charge in [0.25, 0.3) is 0 Å². The number of nitrogens with zero attached hydrogens (tertiary/aromatic N) is 3. The van der Waals surface area contributed by atoms with Crippen molar-refractivity contribution in [3.8, 4) is 6.07 Å². The molecule has 1 aromatic heterocycles. The minimum absolute atomic E-state index is 0.355.